The van der Waals surface area contributed by atoms with Crippen LogP contribution in [0.1, 0.15) is 271 Å². The van der Waals surface area contributed by atoms with E-state index in [9.17, 15) is 14.4 Å². The van der Waals surface area contributed by atoms with Gasteiger partial charge in [-0.05, 0) is 141 Å². The van der Waals surface area contributed by atoms with Crippen molar-refractivity contribution in [3.05, 3.63) is 146 Å². The van der Waals surface area contributed by atoms with Gasteiger partial charge in [0.2, 0.25) is 0 Å². The third kappa shape index (κ3) is 62.1. The summed E-state index contributed by atoms with van der Waals surface area (Å²) in [6, 6.07) is 0. The first kappa shape index (κ1) is 73.3. The van der Waals surface area contributed by atoms with E-state index in [2.05, 4.69) is 167 Å². The van der Waals surface area contributed by atoms with Crippen LogP contribution < -0.4 is 0 Å². The molecule has 0 amide bonds. The highest BCUT2D eigenvalue weighted by Crippen LogP contribution is 2.13. The Hall–Kier alpha value is -4.71. The van der Waals surface area contributed by atoms with Crippen molar-refractivity contribution in [2.75, 3.05) is 13.2 Å². The summed E-state index contributed by atoms with van der Waals surface area (Å²) in [5.74, 6) is -0.996. The second kappa shape index (κ2) is 64.8. The quantitative estimate of drug-likeness (QED) is 0.0261. The van der Waals surface area contributed by atoms with Crippen LogP contribution in [0.15, 0.2) is 146 Å². The number of rotatable bonds is 56. The minimum absolute atomic E-state index is 0.110. The van der Waals surface area contributed by atoms with Crippen LogP contribution in [0.25, 0.3) is 0 Å². The van der Waals surface area contributed by atoms with Gasteiger partial charge in [-0.15, -0.1) is 0 Å². The molecule has 0 saturated heterocycles. The van der Waals surface area contributed by atoms with Gasteiger partial charge in [0.25, 0.3) is 0 Å². The van der Waals surface area contributed by atoms with E-state index in [-0.39, 0.29) is 37.5 Å². The molecule has 0 rings (SSSR count). The third-order valence-electron chi connectivity index (χ3n) is 13.0. The Morgan fingerprint density at radius 2 is 0.513 bits per heavy atom. The van der Waals surface area contributed by atoms with Crippen molar-refractivity contribution in [2.24, 2.45) is 0 Å². The van der Waals surface area contributed by atoms with Gasteiger partial charge in [-0.3, -0.25) is 14.4 Å². The van der Waals surface area contributed by atoms with E-state index in [0.717, 1.165) is 141 Å². The number of carbonyl (C=O) groups is 3. The van der Waals surface area contributed by atoms with Crippen molar-refractivity contribution >= 4 is 17.9 Å². The topological polar surface area (TPSA) is 78.9 Å². The van der Waals surface area contributed by atoms with E-state index in [1.54, 1.807) is 0 Å². The molecule has 440 valence electrons. The van der Waals surface area contributed by atoms with Crippen LogP contribution in [0.5, 0.6) is 0 Å². The van der Waals surface area contributed by atoms with E-state index in [4.69, 9.17) is 14.2 Å². The Morgan fingerprint density at radius 1 is 0.269 bits per heavy atom. The van der Waals surface area contributed by atoms with Crippen molar-refractivity contribution < 1.29 is 28.6 Å². The first-order valence-corrected chi connectivity index (χ1v) is 31.8. The van der Waals surface area contributed by atoms with Gasteiger partial charge >= 0.3 is 17.9 Å². The molecule has 0 saturated carbocycles. The molecule has 0 aliphatic carbocycles. The first-order valence-electron chi connectivity index (χ1n) is 31.8. The lowest BCUT2D eigenvalue weighted by Crippen LogP contribution is -2.30. The summed E-state index contributed by atoms with van der Waals surface area (Å²) in [6.45, 7) is 6.44. The van der Waals surface area contributed by atoms with Crippen molar-refractivity contribution in [2.45, 2.75) is 277 Å². The van der Waals surface area contributed by atoms with E-state index in [0.29, 0.717) is 19.3 Å². The minimum Gasteiger partial charge on any atom is -0.462 e. The fourth-order valence-electron chi connectivity index (χ4n) is 8.29. The highest BCUT2D eigenvalue weighted by molar-refractivity contribution is 5.71. The highest BCUT2D eigenvalue weighted by Gasteiger charge is 2.19. The zero-order chi connectivity index (χ0) is 56.4. The Kier molecular flexibility index (Phi) is 60.9. The Labute approximate surface area is 480 Å². The average Bonchev–Trinajstić information content (AvgIpc) is 3.44. The highest BCUT2D eigenvalue weighted by atomic mass is 16.6. The van der Waals surface area contributed by atoms with Crippen molar-refractivity contribution in [3.8, 4) is 0 Å². The molecule has 0 aliphatic rings. The molecule has 0 aromatic heterocycles. The van der Waals surface area contributed by atoms with Crippen LogP contribution in [-0.4, -0.2) is 37.2 Å². The molecule has 6 nitrogen and oxygen atoms in total. The summed E-state index contributed by atoms with van der Waals surface area (Å²) in [4.78, 5) is 38.3. The van der Waals surface area contributed by atoms with Crippen LogP contribution in [-0.2, 0) is 28.6 Å². The number of ether oxygens (including phenoxy) is 3. The maximum atomic E-state index is 12.9. The number of unbranched alkanes of at least 4 members (excludes halogenated alkanes) is 21. The van der Waals surface area contributed by atoms with Crippen molar-refractivity contribution in [3.63, 3.8) is 0 Å². The zero-order valence-corrected chi connectivity index (χ0v) is 50.4. The van der Waals surface area contributed by atoms with E-state index in [1.807, 2.05) is 0 Å². The number of carbonyl (C=O) groups excluding carboxylic acids is 3. The van der Waals surface area contributed by atoms with Gasteiger partial charge < -0.3 is 14.2 Å². The van der Waals surface area contributed by atoms with E-state index in [1.165, 1.54) is 83.5 Å². The molecular weight excluding hydrogens is 961 g/mol. The predicted octanol–water partition coefficient (Wildman–Crippen LogP) is 21.9. The van der Waals surface area contributed by atoms with E-state index >= 15 is 0 Å². The Bertz CT molecular complexity index is 1710. The molecule has 0 aromatic carbocycles. The maximum Gasteiger partial charge on any atom is 0.306 e. The fourth-order valence-corrected chi connectivity index (χ4v) is 8.29. The smallest absolute Gasteiger partial charge is 0.306 e. The second-order valence-electron chi connectivity index (χ2n) is 20.6. The van der Waals surface area contributed by atoms with Crippen LogP contribution in [0.2, 0.25) is 0 Å². The molecule has 0 aliphatic heterocycles. The summed E-state index contributed by atoms with van der Waals surface area (Å²) in [6.07, 6.45) is 92.8. The van der Waals surface area contributed by atoms with Gasteiger partial charge in [-0.1, -0.05) is 256 Å². The predicted molar refractivity (Wildman–Crippen MR) is 339 cm³/mol. The average molecular weight is 1080 g/mol. The van der Waals surface area contributed by atoms with Gasteiger partial charge in [0, 0.05) is 19.3 Å². The van der Waals surface area contributed by atoms with Gasteiger partial charge in [0.1, 0.15) is 13.2 Å². The fraction of sp³-hybridized carbons (Fsp3) is 0.625. The molecule has 1 unspecified atom stereocenters. The molecule has 1 atom stereocenters. The van der Waals surface area contributed by atoms with Gasteiger partial charge in [-0.25, -0.2) is 0 Å². The molecule has 0 aromatic rings. The number of hydrogen-bond donors (Lipinski definition) is 0. The monoisotopic (exact) mass is 1080 g/mol. The van der Waals surface area contributed by atoms with Gasteiger partial charge in [-0.2, -0.15) is 0 Å². The summed E-state index contributed by atoms with van der Waals surface area (Å²) < 4.78 is 16.8. The summed E-state index contributed by atoms with van der Waals surface area (Å²) in [5, 5.41) is 0. The zero-order valence-electron chi connectivity index (χ0n) is 50.4. The minimum atomic E-state index is -0.819. The molecule has 0 spiro atoms. The van der Waals surface area contributed by atoms with E-state index < -0.39 is 6.10 Å². The normalized spacial score (nSPS) is 13.1. The Balaban J connectivity index is 4.48. The molecule has 78 heavy (non-hydrogen) atoms. The van der Waals surface area contributed by atoms with Gasteiger partial charge in [0.15, 0.2) is 6.10 Å². The largest absolute Gasteiger partial charge is 0.462 e. The lowest BCUT2D eigenvalue weighted by Gasteiger charge is -2.18. The Morgan fingerprint density at radius 3 is 0.859 bits per heavy atom. The molecular formula is C72H116O6. The lowest BCUT2D eigenvalue weighted by molar-refractivity contribution is -0.167. The van der Waals surface area contributed by atoms with Gasteiger partial charge in [0.05, 0.1) is 0 Å². The molecule has 0 N–H and O–H groups in total. The van der Waals surface area contributed by atoms with Crippen LogP contribution in [0.4, 0.5) is 0 Å². The number of allylic oxidation sites excluding steroid dienone is 24. The standard InChI is InChI=1S/C72H116O6/c1-4-7-10-13-16-19-22-25-28-30-31-32-33-34-35-36-37-38-39-40-41-42-45-47-50-53-56-59-62-65-71(74)77-68-69(67-76-70(73)64-61-58-55-52-49-46-43-27-24-21-18-15-12-9-6-3)78-72(75)66-63-60-57-54-51-48-44-29-26-23-20-17-14-11-8-5-2/h7,10,16,19-20,23,25,27-29,31-32,34-35,37-38,40-41,43-45,47,53,56,69H,4-6,8-9,11-15,17-18,21-22,24,26,30,33,36,39,42,46,48-52,54-55,57-68H2,1-3H3/b10-7-,19-16-,23-20-,28-25-,32-31-,35-34-,38-37-,41-40-,43-27-,44-29-,47-45-,56-53-. The third-order valence-corrected chi connectivity index (χ3v) is 13.0. The first-order chi connectivity index (χ1) is 38.5. The maximum absolute atomic E-state index is 12.9. The molecule has 6 heteroatoms. The SMILES string of the molecule is CC/C=C\C/C=C\C/C=C\C/C=C\C/C=C\C/C=C\C/C=C\C/C=C\C/C=C\CCCC(=O)OCC(COC(=O)CCCCCCC/C=C\CCCCCCCC)OC(=O)CCCCCCC/C=C\C/C=C\CCCCCC. The molecule has 0 heterocycles. The number of hydrogen-bond acceptors (Lipinski definition) is 6. The van der Waals surface area contributed by atoms with Crippen molar-refractivity contribution in [1.29, 1.82) is 0 Å². The van der Waals surface area contributed by atoms with Crippen LogP contribution in [0, 0.1) is 0 Å². The molecule has 0 bridgehead atoms. The summed E-state index contributed by atoms with van der Waals surface area (Å²) >= 11 is 0. The second-order valence-corrected chi connectivity index (χ2v) is 20.6. The summed E-state index contributed by atoms with van der Waals surface area (Å²) in [7, 11) is 0. The van der Waals surface area contributed by atoms with Crippen LogP contribution in [0.3, 0.4) is 0 Å². The molecule has 0 fully saturated rings. The van der Waals surface area contributed by atoms with Crippen LogP contribution >= 0.6 is 0 Å². The lowest BCUT2D eigenvalue weighted by atomic mass is 10.1. The van der Waals surface area contributed by atoms with Crippen molar-refractivity contribution in [1.82, 2.24) is 0 Å². The summed E-state index contributed by atoms with van der Waals surface area (Å²) in [5.41, 5.74) is 0. The molecule has 0 radical (unpaired) electrons. The number of esters is 3.